The zero-order valence-corrected chi connectivity index (χ0v) is 14.4. The van der Waals surface area contributed by atoms with Gasteiger partial charge in [-0.15, -0.1) is 0 Å². The van der Waals surface area contributed by atoms with E-state index in [0.717, 1.165) is 0 Å². The molecule has 0 spiro atoms. The molecule has 0 saturated carbocycles. The van der Waals surface area contributed by atoms with Crippen LogP contribution >= 0.6 is 0 Å². The lowest BCUT2D eigenvalue weighted by Crippen LogP contribution is -2.53. The van der Waals surface area contributed by atoms with E-state index in [-0.39, 0.29) is 29.9 Å². The average Bonchev–Trinajstić information content (AvgIpc) is 3.01. The molecule has 2 aromatic rings. The fraction of sp³-hybridized carbons (Fsp3) is 0.438. The van der Waals surface area contributed by atoms with Gasteiger partial charge in [0.15, 0.2) is 0 Å². The molecule has 0 fully saturated rings. The van der Waals surface area contributed by atoms with Crippen LogP contribution in [0.15, 0.2) is 28.8 Å². The van der Waals surface area contributed by atoms with Crippen molar-refractivity contribution >= 4 is 11.6 Å². The largest absolute Gasteiger partial charge is 0.368 e. The van der Waals surface area contributed by atoms with Crippen molar-refractivity contribution in [2.75, 3.05) is 0 Å². The molecule has 1 aromatic heterocycles. The van der Waals surface area contributed by atoms with Crippen LogP contribution in [0.4, 0.5) is 5.69 Å². The van der Waals surface area contributed by atoms with Gasteiger partial charge in [-0.3, -0.25) is 20.2 Å². The van der Waals surface area contributed by atoms with Crippen molar-refractivity contribution < 1.29 is 14.2 Å². The maximum Gasteiger partial charge on any atom is 0.270 e. The molecular weight excluding hydrogens is 326 g/mol. The zero-order valence-electron chi connectivity index (χ0n) is 14.4. The first-order valence-corrected chi connectivity index (χ1v) is 7.83. The number of amides is 1. The molecule has 0 aliphatic rings. The normalized spacial score (nSPS) is 13.6. The van der Waals surface area contributed by atoms with E-state index in [1.54, 1.807) is 19.1 Å². The molecule has 1 aromatic carbocycles. The van der Waals surface area contributed by atoms with Crippen molar-refractivity contribution in [3.05, 3.63) is 40.3 Å². The summed E-state index contributed by atoms with van der Waals surface area (Å²) < 4.78 is 5.15. The van der Waals surface area contributed by atoms with Gasteiger partial charge in [0.25, 0.3) is 5.69 Å². The monoisotopic (exact) mass is 347 g/mol. The van der Waals surface area contributed by atoms with Crippen molar-refractivity contribution in [1.29, 1.82) is 0 Å². The number of hydrogen-bond acceptors (Lipinski definition) is 7. The van der Waals surface area contributed by atoms with Gasteiger partial charge in [0, 0.05) is 17.7 Å². The van der Waals surface area contributed by atoms with Gasteiger partial charge < -0.3 is 10.3 Å². The first-order chi connectivity index (χ1) is 11.7. The van der Waals surface area contributed by atoms with Crippen LogP contribution in [0.5, 0.6) is 0 Å². The Bertz CT molecular complexity index is 773. The fourth-order valence-electron chi connectivity index (χ4n) is 2.55. The SMILES string of the molecule is CC(C)C[C@@](C)(NCc1nc(-c2cccc([N+](=O)[O-])c2)no1)C(N)=O. The summed E-state index contributed by atoms with van der Waals surface area (Å²) in [6.07, 6.45) is 0.564. The van der Waals surface area contributed by atoms with E-state index >= 15 is 0 Å². The smallest absolute Gasteiger partial charge is 0.270 e. The van der Waals surface area contributed by atoms with E-state index in [4.69, 9.17) is 10.3 Å². The standard InChI is InChI=1S/C16H21N5O4/c1-10(2)8-16(3,15(17)22)18-9-13-19-14(20-25-13)11-5-4-6-12(7-11)21(23)24/h4-7,10,18H,8-9H2,1-3H3,(H2,17,22)/t16-/m1/s1. The minimum absolute atomic E-state index is 0.0554. The highest BCUT2D eigenvalue weighted by Gasteiger charge is 2.31. The minimum atomic E-state index is -0.895. The van der Waals surface area contributed by atoms with Crippen LogP contribution < -0.4 is 11.1 Å². The second-order valence-corrected chi connectivity index (χ2v) is 6.47. The molecule has 25 heavy (non-hydrogen) atoms. The third-order valence-corrected chi connectivity index (χ3v) is 3.77. The molecule has 0 aliphatic carbocycles. The van der Waals surface area contributed by atoms with Gasteiger partial charge in [0.1, 0.15) is 0 Å². The summed E-state index contributed by atoms with van der Waals surface area (Å²) in [7, 11) is 0. The Labute approximate surface area is 144 Å². The van der Waals surface area contributed by atoms with Crippen molar-refractivity contribution in [3.63, 3.8) is 0 Å². The summed E-state index contributed by atoms with van der Waals surface area (Å²) in [5.74, 6) is 0.315. The molecule has 0 bridgehead atoms. The van der Waals surface area contributed by atoms with E-state index in [9.17, 15) is 14.9 Å². The maximum absolute atomic E-state index is 11.7. The molecular formula is C16H21N5O4. The van der Waals surface area contributed by atoms with Crippen LogP contribution in [-0.4, -0.2) is 26.5 Å². The van der Waals surface area contributed by atoms with E-state index in [0.29, 0.717) is 12.0 Å². The highest BCUT2D eigenvalue weighted by molar-refractivity contribution is 5.84. The molecule has 134 valence electrons. The molecule has 0 saturated heterocycles. The maximum atomic E-state index is 11.7. The fourth-order valence-corrected chi connectivity index (χ4v) is 2.55. The number of carbonyl (C=O) groups is 1. The zero-order chi connectivity index (χ0) is 18.6. The number of nitro benzene ring substituents is 1. The summed E-state index contributed by atoms with van der Waals surface area (Å²) in [6, 6.07) is 5.96. The Morgan fingerprint density at radius 3 is 2.80 bits per heavy atom. The molecule has 0 unspecified atom stereocenters. The van der Waals surface area contributed by atoms with Gasteiger partial charge in [-0.2, -0.15) is 4.98 Å². The van der Waals surface area contributed by atoms with Crippen LogP contribution in [-0.2, 0) is 11.3 Å². The highest BCUT2D eigenvalue weighted by Crippen LogP contribution is 2.22. The number of nitrogens with one attached hydrogen (secondary N) is 1. The first-order valence-electron chi connectivity index (χ1n) is 7.83. The number of nitrogens with two attached hydrogens (primary N) is 1. The summed E-state index contributed by atoms with van der Waals surface area (Å²) >= 11 is 0. The quantitative estimate of drug-likeness (QED) is 0.550. The Balaban J connectivity index is 2.12. The molecule has 0 radical (unpaired) electrons. The van der Waals surface area contributed by atoms with Gasteiger partial charge in [-0.25, -0.2) is 0 Å². The van der Waals surface area contributed by atoms with Crippen molar-refractivity contribution in [2.45, 2.75) is 39.3 Å². The molecule has 2 rings (SSSR count). The van der Waals surface area contributed by atoms with Crippen LogP contribution in [0, 0.1) is 16.0 Å². The number of primary amides is 1. The number of nitrogens with zero attached hydrogens (tertiary/aromatic N) is 3. The Morgan fingerprint density at radius 2 is 2.20 bits per heavy atom. The molecule has 1 amide bonds. The van der Waals surface area contributed by atoms with E-state index in [1.807, 2.05) is 13.8 Å². The molecule has 3 N–H and O–H groups in total. The summed E-state index contributed by atoms with van der Waals surface area (Å²) in [6.45, 7) is 5.88. The lowest BCUT2D eigenvalue weighted by atomic mass is 9.90. The van der Waals surface area contributed by atoms with Crippen LogP contribution in [0.3, 0.4) is 0 Å². The lowest BCUT2D eigenvalue weighted by Gasteiger charge is -2.28. The number of rotatable bonds is 8. The Morgan fingerprint density at radius 1 is 1.48 bits per heavy atom. The van der Waals surface area contributed by atoms with E-state index in [1.165, 1.54) is 12.1 Å². The van der Waals surface area contributed by atoms with Crippen molar-refractivity contribution in [3.8, 4) is 11.4 Å². The van der Waals surface area contributed by atoms with Gasteiger partial charge in [0.2, 0.25) is 17.6 Å². The Kier molecular flexibility index (Phi) is 5.48. The predicted molar refractivity (Wildman–Crippen MR) is 90.3 cm³/mol. The molecule has 9 nitrogen and oxygen atoms in total. The lowest BCUT2D eigenvalue weighted by molar-refractivity contribution is -0.384. The summed E-state index contributed by atoms with van der Waals surface area (Å²) in [5, 5.41) is 17.7. The third-order valence-electron chi connectivity index (χ3n) is 3.77. The summed E-state index contributed by atoms with van der Waals surface area (Å²) in [4.78, 5) is 26.3. The van der Waals surface area contributed by atoms with Crippen LogP contribution in [0.2, 0.25) is 0 Å². The van der Waals surface area contributed by atoms with Gasteiger partial charge >= 0.3 is 0 Å². The number of benzene rings is 1. The van der Waals surface area contributed by atoms with E-state index in [2.05, 4.69) is 15.5 Å². The van der Waals surface area contributed by atoms with Gasteiger partial charge in [-0.1, -0.05) is 31.1 Å². The highest BCUT2D eigenvalue weighted by atomic mass is 16.6. The minimum Gasteiger partial charge on any atom is -0.368 e. The van der Waals surface area contributed by atoms with Crippen molar-refractivity contribution in [1.82, 2.24) is 15.5 Å². The second kappa shape index (κ2) is 7.39. The average molecular weight is 347 g/mol. The Hall–Kier alpha value is -2.81. The molecule has 9 heteroatoms. The molecule has 1 heterocycles. The van der Waals surface area contributed by atoms with Crippen LogP contribution in [0.25, 0.3) is 11.4 Å². The van der Waals surface area contributed by atoms with E-state index < -0.39 is 16.4 Å². The second-order valence-electron chi connectivity index (χ2n) is 6.47. The number of nitro groups is 1. The molecule has 1 atom stereocenters. The van der Waals surface area contributed by atoms with Gasteiger partial charge in [-0.05, 0) is 19.3 Å². The number of non-ortho nitro benzene ring substituents is 1. The third kappa shape index (κ3) is 4.60. The number of carbonyl (C=O) groups excluding carboxylic acids is 1. The number of aromatic nitrogens is 2. The van der Waals surface area contributed by atoms with Crippen molar-refractivity contribution in [2.24, 2.45) is 11.7 Å². The van der Waals surface area contributed by atoms with Gasteiger partial charge in [0.05, 0.1) is 17.0 Å². The predicted octanol–water partition coefficient (Wildman–Crippen LogP) is 2.02. The van der Waals surface area contributed by atoms with Crippen LogP contribution in [0.1, 0.15) is 33.1 Å². The topological polar surface area (TPSA) is 137 Å². The first kappa shape index (κ1) is 18.5. The molecule has 0 aliphatic heterocycles. The number of hydrogen-bond donors (Lipinski definition) is 2. The summed E-state index contributed by atoms with van der Waals surface area (Å²) in [5.41, 5.74) is 5.02.